The van der Waals surface area contributed by atoms with Gasteiger partial charge in [-0.05, 0) is 55.9 Å². The van der Waals surface area contributed by atoms with Crippen LogP contribution in [0.3, 0.4) is 0 Å². The third-order valence-electron chi connectivity index (χ3n) is 6.27. The lowest BCUT2D eigenvalue weighted by Gasteiger charge is -2.32. The Balaban J connectivity index is 1.73. The summed E-state index contributed by atoms with van der Waals surface area (Å²) in [7, 11) is 0. The number of imidazole rings is 1. The number of aromatic nitrogens is 3. The molecule has 0 radical (unpaired) electrons. The van der Waals surface area contributed by atoms with Crippen molar-refractivity contribution in [2.75, 3.05) is 13.2 Å². The maximum absolute atomic E-state index is 9.85. The molecular formula is C25H24N4O2. The van der Waals surface area contributed by atoms with Gasteiger partial charge in [0.15, 0.2) is 0 Å². The molecule has 1 aliphatic rings. The van der Waals surface area contributed by atoms with Crippen LogP contribution in [0.5, 0.6) is 0 Å². The number of nitrogens with zero attached hydrogens (tertiary/aromatic N) is 4. The van der Waals surface area contributed by atoms with Gasteiger partial charge >= 0.3 is 0 Å². The van der Waals surface area contributed by atoms with Gasteiger partial charge in [-0.2, -0.15) is 5.26 Å². The molecule has 1 atom stereocenters. The second-order valence-electron chi connectivity index (χ2n) is 8.16. The molecule has 2 aromatic heterocycles. The molecule has 1 unspecified atom stereocenters. The quantitative estimate of drug-likeness (QED) is 0.461. The number of benzene rings is 2. The van der Waals surface area contributed by atoms with E-state index in [1.165, 1.54) is 5.56 Å². The molecule has 31 heavy (non-hydrogen) atoms. The van der Waals surface area contributed by atoms with Crippen molar-refractivity contribution >= 4 is 11.0 Å². The van der Waals surface area contributed by atoms with Crippen LogP contribution in [0, 0.1) is 31.1 Å². The summed E-state index contributed by atoms with van der Waals surface area (Å²) in [5, 5.41) is 14.0. The van der Waals surface area contributed by atoms with E-state index in [4.69, 9.17) is 9.26 Å². The number of aryl methyl sites for hydroxylation is 2. The van der Waals surface area contributed by atoms with Gasteiger partial charge in [0.1, 0.15) is 17.3 Å². The van der Waals surface area contributed by atoms with Crippen LogP contribution in [-0.2, 0) is 4.74 Å². The number of hydrogen-bond donors (Lipinski definition) is 0. The van der Waals surface area contributed by atoms with Crippen LogP contribution in [-0.4, -0.2) is 27.9 Å². The summed E-state index contributed by atoms with van der Waals surface area (Å²) in [6, 6.07) is 17.0. The monoisotopic (exact) mass is 412 g/mol. The average molecular weight is 412 g/mol. The maximum Gasteiger partial charge on any atom is 0.141 e. The Labute approximate surface area is 181 Å². The molecule has 0 bridgehead atoms. The highest BCUT2D eigenvalue weighted by atomic mass is 16.5. The number of hydrogen-bond acceptors (Lipinski definition) is 5. The van der Waals surface area contributed by atoms with Gasteiger partial charge in [-0.3, -0.25) is 0 Å². The van der Waals surface area contributed by atoms with Crippen molar-refractivity contribution in [1.82, 2.24) is 14.7 Å². The first-order valence-electron chi connectivity index (χ1n) is 10.6. The zero-order chi connectivity index (χ0) is 21.4. The van der Waals surface area contributed by atoms with Crippen LogP contribution < -0.4 is 0 Å². The zero-order valence-electron chi connectivity index (χ0n) is 17.7. The van der Waals surface area contributed by atoms with E-state index in [1.807, 2.05) is 32.3 Å². The number of nitriles is 1. The molecule has 5 rings (SSSR count). The third kappa shape index (κ3) is 3.41. The van der Waals surface area contributed by atoms with Gasteiger partial charge in [0, 0.05) is 18.8 Å². The van der Waals surface area contributed by atoms with Gasteiger partial charge in [-0.25, -0.2) is 4.98 Å². The van der Waals surface area contributed by atoms with Gasteiger partial charge in [-0.1, -0.05) is 35.5 Å². The molecule has 156 valence electrons. The number of ether oxygens (including phenoxy) is 1. The van der Waals surface area contributed by atoms with Crippen LogP contribution in [0.25, 0.3) is 22.2 Å². The summed E-state index contributed by atoms with van der Waals surface area (Å²) in [5.41, 5.74) is 6.17. The molecule has 6 heteroatoms. The lowest BCUT2D eigenvalue weighted by atomic mass is 9.86. The lowest BCUT2D eigenvalue weighted by molar-refractivity contribution is 0.0547. The van der Waals surface area contributed by atoms with Crippen molar-refractivity contribution in [3.63, 3.8) is 0 Å². The van der Waals surface area contributed by atoms with E-state index in [1.54, 1.807) is 0 Å². The number of rotatable bonds is 4. The summed E-state index contributed by atoms with van der Waals surface area (Å²) in [4.78, 5) is 4.67. The van der Waals surface area contributed by atoms with Crippen LogP contribution in [0.4, 0.5) is 0 Å². The maximum atomic E-state index is 9.85. The van der Waals surface area contributed by atoms with Crippen molar-refractivity contribution in [3.8, 4) is 17.2 Å². The Bertz CT molecular complexity index is 1240. The normalized spacial score (nSPS) is 15.8. The molecular weight excluding hydrogens is 388 g/mol. The van der Waals surface area contributed by atoms with Gasteiger partial charge in [0.2, 0.25) is 0 Å². The minimum Gasteiger partial charge on any atom is -0.381 e. The Morgan fingerprint density at radius 2 is 1.90 bits per heavy atom. The zero-order valence-corrected chi connectivity index (χ0v) is 17.7. The van der Waals surface area contributed by atoms with Crippen molar-refractivity contribution in [1.29, 1.82) is 5.26 Å². The molecule has 6 nitrogen and oxygen atoms in total. The fourth-order valence-electron chi connectivity index (χ4n) is 4.82. The number of fused-ring (bicyclic) bond motifs is 1. The summed E-state index contributed by atoms with van der Waals surface area (Å²) in [6.07, 6.45) is 3.87. The van der Waals surface area contributed by atoms with Crippen molar-refractivity contribution in [2.45, 2.75) is 32.7 Å². The van der Waals surface area contributed by atoms with Gasteiger partial charge < -0.3 is 13.8 Å². The second kappa shape index (κ2) is 8.01. The SMILES string of the molecule is Cc1noc(C)c1-c1cc(C#N)c2ncn(C(c3ccccc3)C3CCOCC3)c2c1. The summed E-state index contributed by atoms with van der Waals surface area (Å²) < 4.78 is 13.3. The minimum atomic E-state index is 0.126. The summed E-state index contributed by atoms with van der Waals surface area (Å²) in [6.45, 7) is 5.37. The fraction of sp³-hybridized carbons (Fsp3) is 0.320. The molecule has 1 aliphatic heterocycles. The molecule has 0 spiro atoms. The van der Waals surface area contributed by atoms with Gasteiger partial charge in [-0.15, -0.1) is 0 Å². The van der Waals surface area contributed by atoms with E-state index in [2.05, 4.69) is 51.1 Å². The van der Waals surface area contributed by atoms with E-state index in [9.17, 15) is 5.26 Å². The van der Waals surface area contributed by atoms with Crippen LogP contribution in [0.15, 0.2) is 53.3 Å². The molecule has 1 fully saturated rings. The first-order valence-corrected chi connectivity index (χ1v) is 10.6. The Hall–Kier alpha value is -3.43. The molecule has 3 heterocycles. The molecule has 1 saturated heterocycles. The molecule has 0 N–H and O–H groups in total. The molecule has 2 aromatic carbocycles. The van der Waals surface area contributed by atoms with Crippen molar-refractivity contribution < 1.29 is 9.26 Å². The second-order valence-corrected chi connectivity index (χ2v) is 8.16. The molecule has 0 saturated carbocycles. The summed E-state index contributed by atoms with van der Waals surface area (Å²) in [5.74, 6) is 1.18. The predicted molar refractivity (Wildman–Crippen MR) is 118 cm³/mol. The lowest BCUT2D eigenvalue weighted by Crippen LogP contribution is -2.26. The Morgan fingerprint density at radius 1 is 1.13 bits per heavy atom. The van der Waals surface area contributed by atoms with Crippen molar-refractivity contribution in [2.24, 2.45) is 5.92 Å². The largest absolute Gasteiger partial charge is 0.381 e. The third-order valence-corrected chi connectivity index (χ3v) is 6.27. The first kappa shape index (κ1) is 19.5. The Kier molecular flexibility index (Phi) is 5.05. The molecule has 0 aliphatic carbocycles. The predicted octanol–water partition coefficient (Wildman–Crippen LogP) is 5.20. The average Bonchev–Trinajstić information content (AvgIpc) is 3.37. The smallest absolute Gasteiger partial charge is 0.141 e. The van der Waals surface area contributed by atoms with E-state index >= 15 is 0 Å². The first-order chi connectivity index (χ1) is 15.2. The van der Waals surface area contributed by atoms with E-state index in [0.29, 0.717) is 11.5 Å². The Morgan fingerprint density at radius 3 is 2.58 bits per heavy atom. The van der Waals surface area contributed by atoms with Gasteiger partial charge in [0.05, 0.1) is 29.1 Å². The fourth-order valence-corrected chi connectivity index (χ4v) is 4.82. The van der Waals surface area contributed by atoms with E-state index in [0.717, 1.165) is 59.7 Å². The van der Waals surface area contributed by atoms with E-state index in [-0.39, 0.29) is 6.04 Å². The molecule has 4 aromatic rings. The molecule has 0 amide bonds. The van der Waals surface area contributed by atoms with Crippen LogP contribution >= 0.6 is 0 Å². The van der Waals surface area contributed by atoms with Crippen LogP contribution in [0.1, 0.15) is 41.5 Å². The van der Waals surface area contributed by atoms with Crippen LogP contribution in [0.2, 0.25) is 0 Å². The highest BCUT2D eigenvalue weighted by Gasteiger charge is 2.29. The highest BCUT2D eigenvalue weighted by Crippen LogP contribution is 2.38. The van der Waals surface area contributed by atoms with Crippen molar-refractivity contribution in [3.05, 3.63) is 71.4 Å². The standard InChI is InChI=1S/C25H24N4O2/c1-16-23(17(2)31-28-16)20-12-21(14-26)24-22(13-20)29(15-27-24)25(18-6-4-3-5-7-18)19-8-10-30-11-9-19/h3-7,12-13,15,19,25H,8-11H2,1-2H3. The topological polar surface area (TPSA) is 76.9 Å². The van der Waals surface area contributed by atoms with E-state index < -0.39 is 0 Å². The highest BCUT2D eigenvalue weighted by molar-refractivity contribution is 5.88. The minimum absolute atomic E-state index is 0.126. The van der Waals surface area contributed by atoms with Gasteiger partial charge in [0.25, 0.3) is 0 Å². The summed E-state index contributed by atoms with van der Waals surface area (Å²) >= 11 is 0.